The van der Waals surface area contributed by atoms with Crippen LogP contribution in [0, 0.1) is 17.8 Å². The molecule has 0 aliphatic heterocycles. The molecule has 0 aliphatic carbocycles. The summed E-state index contributed by atoms with van der Waals surface area (Å²) in [5.74, 6) is 0.103. The molecule has 0 saturated carbocycles. The van der Waals surface area contributed by atoms with E-state index in [-0.39, 0.29) is 25.7 Å². The SMILES string of the molecule is CCCCCC/C=C\C=C/CCCCCCCC(=O)O[C@H](COC(=O)CCCCCCCCCC(C)C)COP(=O)(O)OCC(O)COP(=O)(O)OC[C@@H](COC(=O)CCCCCCCCCCCC(C)C)OC(=O)CCCCCCCCCCCCCCCCCCC(C)C. The Bertz CT molecular complexity index is 1960. The van der Waals surface area contributed by atoms with Crippen LogP contribution in [0.2, 0.25) is 0 Å². The molecule has 3 unspecified atom stereocenters. The standard InChI is InChI=1S/C77H146O17P2/c1-8-9-10-11-12-13-14-15-18-22-25-30-38-46-53-60-77(82)94-73(65-88-75(80)59-52-45-40-33-36-43-50-57-70(6)7)67-92-96(85,86)90-63-71(78)62-89-95(83,84)91-66-72(64-87-74(79)58-51-44-37-32-27-29-35-42-49-56-69(4)5)93-76(81)61-54-47-39-31-26-23-20-17-16-19-21-24-28-34-41-48-55-68(2)3/h13-15,18,68-73,78H,8-12,16-17,19-67H2,1-7H3,(H,83,84)(H,85,86)/b14-13-,18-15-/t71?,72-,73-/m1/s1. The monoisotopic (exact) mass is 1410 g/mol. The molecular formula is C77H146O17P2. The Morgan fingerprint density at radius 3 is 0.844 bits per heavy atom. The summed E-state index contributed by atoms with van der Waals surface area (Å²) in [6, 6.07) is 0. The molecule has 0 heterocycles. The Kier molecular flexibility index (Phi) is 65.3. The summed E-state index contributed by atoms with van der Waals surface area (Å²) in [5.41, 5.74) is 0. The van der Waals surface area contributed by atoms with Gasteiger partial charge in [0.2, 0.25) is 0 Å². The van der Waals surface area contributed by atoms with Crippen molar-refractivity contribution in [3.63, 3.8) is 0 Å². The number of allylic oxidation sites excluding steroid dienone is 4. The number of hydrogen-bond acceptors (Lipinski definition) is 15. The molecule has 0 aromatic heterocycles. The predicted octanol–water partition coefficient (Wildman–Crippen LogP) is 22.1. The van der Waals surface area contributed by atoms with Crippen LogP contribution >= 0.6 is 15.6 Å². The molecule has 0 rings (SSSR count). The second-order valence-electron chi connectivity index (χ2n) is 28.5. The number of aliphatic hydroxyl groups is 1. The van der Waals surface area contributed by atoms with E-state index in [1.54, 1.807) is 0 Å². The zero-order chi connectivity index (χ0) is 70.9. The average molecular weight is 1410 g/mol. The van der Waals surface area contributed by atoms with Crippen LogP contribution in [0.3, 0.4) is 0 Å². The number of carbonyl (C=O) groups excluding carboxylic acids is 4. The summed E-state index contributed by atoms with van der Waals surface area (Å²) in [7, 11) is -9.93. The van der Waals surface area contributed by atoms with Crippen molar-refractivity contribution < 1.29 is 80.2 Å². The molecule has 0 radical (unpaired) electrons. The third kappa shape index (κ3) is 70.0. The fraction of sp³-hybridized carbons (Fsp3) is 0.896. The Morgan fingerprint density at radius 1 is 0.323 bits per heavy atom. The molecule has 0 fully saturated rings. The molecule has 96 heavy (non-hydrogen) atoms. The average Bonchev–Trinajstić information content (AvgIpc) is 3.72. The summed E-state index contributed by atoms with van der Waals surface area (Å²) >= 11 is 0. The van der Waals surface area contributed by atoms with Crippen molar-refractivity contribution in [2.24, 2.45) is 17.8 Å². The summed E-state index contributed by atoms with van der Waals surface area (Å²) in [6.45, 7) is 11.8. The van der Waals surface area contributed by atoms with Crippen molar-refractivity contribution >= 4 is 39.5 Å². The lowest BCUT2D eigenvalue weighted by Crippen LogP contribution is -2.30. The molecule has 17 nitrogen and oxygen atoms in total. The molecule has 0 aliphatic rings. The van der Waals surface area contributed by atoms with Gasteiger partial charge in [0.25, 0.3) is 0 Å². The normalized spacial score (nSPS) is 14.2. The van der Waals surface area contributed by atoms with Gasteiger partial charge in [0, 0.05) is 25.7 Å². The highest BCUT2D eigenvalue weighted by Crippen LogP contribution is 2.45. The lowest BCUT2D eigenvalue weighted by molar-refractivity contribution is -0.161. The molecule has 0 aromatic rings. The van der Waals surface area contributed by atoms with Gasteiger partial charge in [-0.3, -0.25) is 37.3 Å². The fourth-order valence-corrected chi connectivity index (χ4v) is 12.8. The van der Waals surface area contributed by atoms with Gasteiger partial charge in [-0.1, -0.05) is 317 Å². The first-order chi connectivity index (χ1) is 46.2. The highest BCUT2D eigenvalue weighted by Gasteiger charge is 2.30. The number of esters is 4. The van der Waals surface area contributed by atoms with Gasteiger partial charge in [0.1, 0.15) is 19.3 Å². The largest absolute Gasteiger partial charge is 0.472 e. The number of carbonyl (C=O) groups is 4. The van der Waals surface area contributed by atoms with Crippen molar-refractivity contribution in [3.8, 4) is 0 Å². The number of phosphoric acid groups is 2. The number of hydrogen-bond donors (Lipinski definition) is 3. The Balaban J connectivity index is 5.26. The molecule has 0 aromatic carbocycles. The van der Waals surface area contributed by atoms with E-state index in [1.165, 1.54) is 161 Å². The third-order valence-electron chi connectivity index (χ3n) is 17.3. The van der Waals surface area contributed by atoms with Crippen LogP contribution in [0.4, 0.5) is 0 Å². The molecule has 566 valence electrons. The van der Waals surface area contributed by atoms with Crippen LogP contribution in [-0.2, 0) is 65.4 Å². The van der Waals surface area contributed by atoms with Crippen LogP contribution in [0.1, 0.15) is 370 Å². The van der Waals surface area contributed by atoms with Crippen LogP contribution in [0.15, 0.2) is 24.3 Å². The van der Waals surface area contributed by atoms with Gasteiger partial charge in [-0.2, -0.15) is 0 Å². The zero-order valence-electron chi connectivity index (χ0n) is 62.3. The Hall–Kier alpha value is -2.46. The van der Waals surface area contributed by atoms with E-state index in [1.807, 2.05) is 0 Å². The van der Waals surface area contributed by atoms with E-state index in [9.17, 15) is 43.2 Å². The quantitative estimate of drug-likeness (QED) is 0.0169. The van der Waals surface area contributed by atoms with E-state index < -0.39 is 97.5 Å². The third-order valence-corrected chi connectivity index (χ3v) is 19.2. The Morgan fingerprint density at radius 2 is 0.562 bits per heavy atom. The maximum Gasteiger partial charge on any atom is 0.472 e. The molecule has 5 atom stereocenters. The van der Waals surface area contributed by atoms with Gasteiger partial charge in [-0.15, -0.1) is 0 Å². The summed E-state index contributed by atoms with van der Waals surface area (Å²) in [4.78, 5) is 72.8. The van der Waals surface area contributed by atoms with Crippen LogP contribution < -0.4 is 0 Å². The van der Waals surface area contributed by atoms with Crippen molar-refractivity contribution in [2.75, 3.05) is 39.6 Å². The number of ether oxygens (including phenoxy) is 4. The highest BCUT2D eigenvalue weighted by molar-refractivity contribution is 7.47. The molecule has 0 saturated heterocycles. The lowest BCUT2D eigenvalue weighted by Gasteiger charge is -2.21. The maximum absolute atomic E-state index is 13.1. The summed E-state index contributed by atoms with van der Waals surface area (Å²) < 4.78 is 68.5. The number of unbranched alkanes of at least 4 members (excludes halogenated alkanes) is 38. The maximum atomic E-state index is 13.1. The van der Waals surface area contributed by atoms with Crippen molar-refractivity contribution in [3.05, 3.63) is 24.3 Å². The molecule has 0 spiro atoms. The van der Waals surface area contributed by atoms with Crippen LogP contribution in [0.5, 0.6) is 0 Å². The van der Waals surface area contributed by atoms with Gasteiger partial charge >= 0.3 is 39.5 Å². The number of rotatable bonds is 73. The molecule has 0 bridgehead atoms. The van der Waals surface area contributed by atoms with Gasteiger partial charge in [-0.05, 0) is 69.1 Å². The van der Waals surface area contributed by atoms with Crippen molar-refractivity contribution in [2.45, 2.75) is 388 Å². The van der Waals surface area contributed by atoms with Gasteiger partial charge in [0.15, 0.2) is 12.2 Å². The lowest BCUT2D eigenvalue weighted by atomic mass is 10.0. The second-order valence-corrected chi connectivity index (χ2v) is 31.4. The van der Waals surface area contributed by atoms with Crippen molar-refractivity contribution in [1.82, 2.24) is 0 Å². The summed E-state index contributed by atoms with van der Waals surface area (Å²) in [6.07, 6.45) is 56.4. The number of phosphoric ester groups is 2. The first kappa shape index (κ1) is 93.5. The predicted molar refractivity (Wildman–Crippen MR) is 390 cm³/mol. The van der Waals surface area contributed by atoms with E-state index in [2.05, 4.69) is 72.8 Å². The van der Waals surface area contributed by atoms with Crippen LogP contribution in [0.25, 0.3) is 0 Å². The van der Waals surface area contributed by atoms with Crippen LogP contribution in [-0.4, -0.2) is 96.7 Å². The van der Waals surface area contributed by atoms with E-state index in [0.717, 1.165) is 121 Å². The van der Waals surface area contributed by atoms with E-state index in [0.29, 0.717) is 31.6 Å². The smallest absolute Gasteiger partial charge is 0.462 e. The molecule has 0 amide bonds. The summed E-state index contributed by atoms with van der Waals surface area (Å²) in [5, 5.41) is 10.6. The van der Waals surface area contributed by atoms with Crippen molar-refractivity contribution in [1.29, 1.82) is 0 Å². The fourth-order valence-electron chi connectivity index (χ4n) is 11.2. The minimum Gasteiger partial charge on any atom is -0.462 e. The number of aliphatic hydroxyl groups excluding tert-OH is 1. The topological polar surface area (TPSA) is 237 Å². The molecular weight excluding hydrogens is 1260 g/mol. The van der Waals surface area contributed by atoms with E-state index >= 15 is 0 Å². The second kappa shape index (κ2) is 67.1. The zero-order valence-corrected chi connectivity index (χ0v) is 64.1. The van der Waals surface area contributed by atoms with Gasteiger partial charge in [0.05, 0.1) is 26.4 Å². The molecule has 3 N–H and O–H groups in total. The highest BCUT2D eigenvalue weighted by atomic mass is 31.2. The van der Waals surface area contributed by atoms with E-state index in [4.69, 9.17) is 37.0 Å². The van der Waals surface area contributed by atoms with Gasteiger partial charge in [-0.25, -0.2) is 9.13 Å². The molecule has 19 heteroatoms. The Labute approximate surface area is 586 Å². The first-order valence-electron chi connectivity index (χ1n) is 39.2. The minimum atomic E-state index is -4.96. The van der Waals surface area contributed by atoms with Gasteiger partial charge < -0.3 is 33.8 Å². The minimum absolute atomic E-state index is 0.0840. The first-order valence-corrected chi connectivity index (χ1v) is 42.2.